The molecule has 8 heteroatoms. The molecular weight excluding hydrogens is 432 g/mol. The highest BCUT2D eigenvalue weighted by atomic mass is 16.4. The lowest BCUT2D eigenvalue weighted by Gasteiger charge is -2.24. The summed E-state index contributed by atoms with van der Waals surface area (Å²) in [6, 6.07) is 15.4. The first kappa shape index (κ1) is 23.1. The third-order valence-corrected chi connectivity index (χ3v) is 5.92. The predicted molar refractivity (Wildman–Crippen MR) is 126 cm³/mol. The summed E-state index contributed by atoms with van der Waals surface area (Å²) in [5.41, 5.74) is 3.14. The first-order chi connectivity index (χ1) is 16.4. The van der Waals surface area contributed by atoms with E-state index in [1.54, 1.807) is 36.7 Å². The number of aliphatic carboxylic acids is 1. The van der Waals surface area contributed by atoms with E-state index in [-0.39, 0.29) is 24.8 Å². The maximum atomic E-state index is 13.3. The standard InChI is InChI=1S/C26H26N4O4/c1-17-14-27-23(28-15-17)19-9-7-18(8-10-19)13-22(29-24(31)20-5-3-2-4-6-20)25(32)30-12-11-21(16-30)26(33)34/h2-10,14-15,21-22H,11-13,16H2,1H3,(H,29,31)(H,33,34). The molecule has 4 rings (SSSR count). The summed E-state index contributed by atoms with van der Waals surface area (Å²) < 4.78 is 0. The highest BCUT2D eigenvalue weighted by Crippen LogP contribution is 2.20. The van der Waals surface area contributed by atoms with Gasteiger partial charge in [-0.05, 0) is 36.6 Å². The van der Waals surface area contributed by atoms with Crippen molar-refractivity contribution in [2.45, 2.75) is 25.8 Å². The molecule has 34 heavy (non-hydrogen) atoms. The lowest BCUT2D eigenvalue weighted by atomic mass is 10.0. The fourth-order valence-corrected chi connectivity index (χ4v) is 3.98. The van der Waals surface area contributed by atoms with Crippen LogP contribution in [-0.4, -0.2) is 56.9 Å². The molecule has 2 unspecified atom stereocenters. The van der Waals surface area contributed by atoms with Gasteiger partial charge in [0.05, 0.1) is 5.92 Å². The van der Waals surface area contributed by atoms with E-state index >= 15 is 0 Å². The quantitative estimate of drug-likeness (QED) is 0.563. The number of nitrogens with zero attached hydrogens (tertiary/aromatic N) is 3. The average Bonchev–Trinajstić information content (AvgIpc) is 3.35. The monoisotopic (exact) mass is 458 g/mol. The molecule has 0 radical (unpaired) electrons. The molecule has 1 saturated heterocycles. The lowest BCUT2D eigenvalue weighted by Crippen LogP contribution is -2.49. The second kappa shape index (κ2) is 10.2. The Hall–Kier alpha value is -4.07. The Balaban J connectivity index is 1.52. The lowest BCUT2D eigenvalue weighted by molar-refractivity contribution is -0.141. The Bertz CT molecular complexity index is 1160. The van der Waals surface area contributed by atoms with Crippen LogP contribution < -0.4 is 5.32 Å². The number of benzene rings is 2. The Morgan fingerprint density at radius 3 is 2.35 bits per heavy atom. The van der Waals surface area contributed by atoms with Gasteiger partial charge in [-0.2, -0.15) is 0 Å². The van der Waals surface area contributed by atoms with Gasteiger partial charge in [-0.15, -0.1) is 0 Å². The van der Waals surface area contributed by atoms with Crippen molar-refractivity contribution in [2.24, 2.45) is 5.92 Å². The zero-order valence-electron chi connectivity index (χ0n) is 18.8. The van der Waals surface area contributed by atoms with Crippen LogP contribution in [0.15, 0.2) is 67.0 Å². The van der Waals surface area contributed by atoms with Crippen molar-refractivity contribution >= 4 is 17.8 Å². The minimum atomic E-state index is -0.908. The van der Waals surface area contributed by atoms with Crippen molar-refractivity contribution in [1.82, 2.24) is 20.2 Å². The molecule has 1 aromatic heterocycles. The number of aromatic nitrogens is 2. The van der Waals surface area contributed by atoms with Crippen molar-refractivity contribution < 1.29 is 19.5 Å². The molecule has 0 spiro atoms. The second-order valence-corrected chi connectivity index (χ2v) is 8.49. The molecule has 1 fully saturated rings. The third kappa shape index (κ3) is 5.46. The molecule has 2 amide bonds. The van der Waals surface area contributed by atoms with Gasteiger partial charge in [0.2, 0.25) is 5.91 Å². The van der Waals surface area contributed by atoms with E-state index in [9.17, 15) is 19.5 Å². The summed E-state index contributed by atoms with van der Waals surface area (Å²) in [6.45, 7) is 2.43. The summed E-state index contributed by atoms with van der Waals surface area (Å²) in [5.74, 6) is -1.51. The van der Waals surface area contributed by atoms with Crippen LogP contribution >= 0.6 is 0 Å². The number of hydrogen-bond donors (Lipinski definition) is 2. The summed E-state index contributed by atoms with van der Waals surface area (Å²) >= 11 is 0. The molecule has 1 aliphatic rings. The van der Waals surface area contributed by atoms with E-state index in [2.05, 4.69) is 15.3 Å². The fraction of sp³-hybridized carbons (Fsp3) is 0.269. The molecule has 2 atom stereocenters. The first-order valence-electron chi connectivity index (χ1n) is 11.2. The molecule has 0 bridgehead atoms. The summed E-state index contributed by atoms with van der Waals surface area (Å²) in [5, 5.41) is 12.2. The molecular formula is C26H26N4O4. The van der Waals surface area contributed by atoms with Crippen molar-refractivity contribution in [3.63, 3.8) is 0 Å². The van der Waals surface area contributed by atoms with Crippen molar-refractivity contribution in [1.29, 1.82) is 0 Å². The number of carbonyl (C=O) groups is 3. The van der Waals surface area contributed by atoms with Gasteiger partial charge in [0.15, 0.2) is 5.82 Å². The van der Waals surface area contributed by atoms with Gasteiger partial charge >= 0.3 is 5.97 Å². The number of likely N-dealkylation sites (tertiary alicyclic amines) is 1. The van der Waals surface area contributed by atoms with Crippen molar-refractivity contribution in [3.05, 3.63) is 83.7 Å². The summed E-state index contributed by atoms with van der Waals surface area (Å²) in [7, 11) is 0. The van der Waals surface area contributed by atoms with Gasteiger partial charge in [-0.1, -0.05) is 42.5 Å². The highest BCUT2D eigenvalue weighted by Gasteiger charge is 2.34. The summed E-state index contributed by atoms with van der Waals surface area (Å²) in [4.78, 5) is 47.7. The smallest absolute Gasteiger partial charge is 0.308 e. The van der Waals surface area contributed by atoms with E-state index < -0.39 is 17.9 Å². The molecule has 1 aliphatic heterocycles. The van der Waals surface area contributed by atoms with E-state index in [0.717, 1.165) is 16.7 Å². The molecule has 2 heterocycles. The minimum absolute atomic E-state index is 0.148. The van der Waals surface area contributed by atoms with Crippen LogP contribution in [0.5, 0.6) is 0 Å². The van der Waals surface area contributed by atoms with Gasteiger partial charge in [0.25, 0.3) is 5.91 Å². The minimum Gasteiger partial charge on any atom is -0.481 e. The zero-order valence-corrected chi connectivity index (χ0v) is 18.8. The number of amides is 2. The van der Waals surface area contributed by atoms with Gasteiger partial charge < -0.3 is 15.3 Å². The van der Waals surface area contributed by atoms with Gasteiger partial charge in [-0.25, -0.2) is 9.97 Å². The van der Waals surface area contributed by atoms with Crippen LogP contribution in [0.1, 0.15) is 27.9 Å². The van der Waals surface area contributed by atoms with Crippen LogP contribution in [0.25, 0.3) is 11.4 Å². The number of rotatable bonds is 7. The van der Waals surface area contributed by atoms with E-state index in [0.29, 0.717) is 24.4 Å². The second-order valence-electron chi connectivity index (χ2n) is 8.49. The fourth-order valence-electron chi connectivity index (χ4n) is 3.98. The SMILES string of the molecule is Cc1cnc(-c2ccc(CC(NC(=O)c3ccccc3)C(=O)N3CCC(C(=O)O)C3)cc2)nc1. The summed E-state index contributed by atoms with van der Waals surface area (Å²) in [6.07, 6.45) is 4.20. The maximum absolute atomic E-state index is 13.3. The first-order valence-corrected chi connectivity index (χ1v) is 11.2. The van der Waals surface area contributed by atoms with Crippen LogP contribution in [0.3, 0.4) is 0 Å². The van der Waals surface area contributed by atoms with Crippen molar-refractivity contribution in [3.8, 4) is 11.4 Å². The van der Waals surface area contributed by atoms with Gasteiger partial charge in [0.1, 0.15) is 6.04 Å². The molecule has 8 nitrogen and oxygen atoms in total. The number of hydrogen-bond acceptors (Lipinski definition) is 5. The number of carboxylic acids is 1. The molecule has 0 saturated carbocycles. The van der Waals surface area contributed by atoms with Gasteiger partial charge in [-0.3, -0.25) is 14.4 Å². The third-order valence-electron chi connectivity index (χ3n) is 5.92. The number of carbonyl (C=O) groups excluding carboxylic acids is 2. The normalized spacial score (nSPS) is 16.1. The van der Waals surface area contributed by atoms with Crippen LogP contribution in [0.4, 0.5) is 0 Å². The molecule has 3 aromatic rings. The van der Waals surface area contributed by atoms with Crippen LogP contribution in [0.2, 0.25) is 0 Å². The Morgan fingerprint density at radius 2 is 1.74 bits per heavy atom. The Morgan fingerprint density at radius 1 is 1.06 bits per heavy atom. The van der Waals surface area contributed by atoms with E-state index in [4.69, 9.17) is 0 Å². The van der Waals surface area contributed by atoms with E-state index in [1.165, 1.54) is 4.90 Å². The van der Waals surface area contributed by atoms with Gasteiger partial charge in [0, 0.05) is 43.0 Å². The van der Waals surface area contributed by atoms with E-state index in [1.807, 2.05) is 37.3 Å². The van der Waals surface area contributed by atoms with Crippen molar-refractivity contribution in [2.75, 3.05) is 13.1 Å². The topological polar surface area (TPSA) is 112 Å². The predicted octanol–water partition coefficient (Wildman–Crippen LogP) is 2.73. The number of carboxylic acid groups (broad SMARTS) is 1. The molecule has 0 aliphatic carbocycles. The average molecular weight is 459 g/mol. The molecule has 2 N–H and O–H groups in total. The molecule has 174 valence electrons. The maximum Gasteiger partial charge on any atom is 0.308 e. The van der Waals surface area contributed by atoms with Crippen LogP contribution in [0, 0.1) is 12.8 Å². The zero-order chi connectivity index (χ0) is 24.1. The number of nitrogens with one attached hydrogen (secondary N) is 1. The Labute approximate surface area is 197 Å². The Kier molecular flexibility index (Phi) is 6.96. The highest BCUT2D eigenvalue weighted by molar-refractivity contribution is 5.97. The number of aryl methyl sites for hydroxylation is 1. The molecule has 2 aromatic carbocycles. The van der Waals surface area contributed by atoms with Crippen LogP contribution in [-0.2, 0) is 16.0 Å². The largest absolute Gasteiger partial charge is 0.481 e.